The molecule has 19 heavy (non-hydrogen) atoms. The maximum atomic E-state index is 10.9. The molecule has 0 bridgehead atoms. The molecule has 0 unspecified atom stereocenters. The molecule has 1 aromatic carbocycles. The van der Waals surface area contributed by atoms with Gasteiger partial charge < -0.3 is 10.1 Å². The van der Waals surface area contributed by atoms with Gasteiger partial charge in [0.05, 0.1) is 37.4 Å². The first-order valence-corrected chi connectivity index (χ1v) is 6.03. The minimum Gasteiger partial charge on any atom is -0.383 e. The van der Waals surface area contributed by atoms with Crippen LogP contribution in [0.15, 0.2) is 23.3 Å². The second kappa shape index (κ2) is 6.14. The van der Waals surface area contributed by atoms with Crippen LogP contribution >= 0.6 is 0 Å². The van der Waals surface area contributed by atoms with Crippen molar-refractivity contribution in [3.63, 3.8) is 0 Å². The summed E-state index contributed by atoms with van der Waals surface area (Å²) in [4.78, 5) is 10.5. The van der Waals surface area contributed by atoms with Gasteiger partial charge in [-0.25, -0.2) is 0 Å². The van der Waals surface area contributed by atoms with Crippen molar-refractivity contribution in [2.24, 2.45) is 5.10 Å². The second-order valence-electron chi connectivity index (χ2n) is 4.09. The maximum absolute atomic E-state index is 10.9. The van der Waals surface area contributed by atoms with Crippen LogP contribution in [0.1, 0.15) is 5.56 Å². The summed E-state index contributed by atoms with van der Waals surface area (Å²) in [6, 6.07) is 4.98. The number of rotatable bonds is 4. The molecular formula is C12H16N4O3. The number of hydrogen-bond donors (Lipinski definition) is 1. The van der Waals surface area contributed by atoms with Gasteiger partial charge in [-0.3, -0.25) is 15.1 Å². The van der Waals surface area contributed by atoms with E-state index in [4.69, 9.17) is 4.74 Å². The summed E-state index contributed by atoms with van der Waals surface area (Å²) in [7, 11) is 1.66. The van der Waals surface area contributed by atoms with E-state index in [1.165, 1.54) is 6.07 Å². The highest BCUT2D eigenvalue weighted by atomic mass is 16.6. The minimum absolute atomic E-state index is 0.0495. The third kappa shape index (κ3) is 3.41. The summed E-state index contributed by atoms with van der Waals surface area (Å²) < 4.78 is 5.22. The summed E-state index contributed by atoms with van der Waals surface area (Å²) >= 11 is 0. The summed E-state index contributed by atoms with van der Waals surface area (Å²) in [5.74, 6) is 0. The van der Waals surface area contributed by atoms with Crippen molar-refractivity contribution in [2.75, 3.05) is 38.7 Å². The van der Waals surface area contributed by atoms with E-state index in [1.54, 1.807) is 25.4 Å². The molecule has 1 saturated heterocycles. The van der Waals surface area contributed by atoms with Gasteiger partial charge in [0.1, 0.15) is 5.69 Å². The quantitative estimate of drug-likeness (QED) is 0.503. The van der Waals surface area contributed by atoms with Crippen LogP contribution in [0.4, 0.5) is 11.4 Å². The molecule has 7 heteroatoms. The van der Waals surface area contributed by atoms with Gasteiger partial charge in [0.2, 0.25) is 0 Å². The van der Waals surface area contributed by atoms with Crippen LogP contribution in [0.25, 0.3) is 0 Å². The number of nitrogens with zero attached hydrogens (tertiary/aromatic N) is 3. The lowest BCUT2D eigenvalue weighted by molar-refractivity contribution is -0.383. The van der Waals surface area contributed by atoms with Gasteiger partial charge in [-0.1, -0.05) is 6.07 Å². The van der Waals surface area contributed by atoms with Crippen LogP contribution in [-0.4, -0.2) is 49.5 Å². The van der Waals surface area contributed by atoms with Gasteiger partial charge in [0.25, 0.3) is 5.69 Å². The van der Waals surface area contributed by atoms with Gasteiger partial charge in [0.15, 0.2) is 0 Å². The number of nitrogens with one attached hydrogen (secondary N) is 1. The van der Waals surface area contributed by atoms with Crippen LogP contribution in [0.2, 0.25) is 0 Å². The third-order valence-corrected chi connectivity index (χ3v) is 2.85. The zero-order chi connectivity index (χ0) is 13.7. The topological polar surface area (TPSA) is 80.0 Å². The molecule has 1 aliphatic rings. The summed E-state index contributed by atoms with van der Waals surface area (Å²) in [6.45, 7) is 2.81. The van der Waals surface area contributed by atoms with E-state index in [1.807, 2.05) is 5.01 Å². The minimum atomic E-state index is -0.405. The molecule has 1 N–H and O–H groups in total. The smallest absolute Gasteiger partial charge is 0.292 e. The fraction of sp³-hybridized carbons (Fsp3) is 0.417. The number of hydrazone groups is 1. The Bertz CT molecular complexity index is 484. The fourth-order valence-corrected chi connectivity index (χ4v) is 1.81. The zero-order valence-electron chi connectivity index (χ0n) is 10.7. The summed E-state index contributed by atoms with van der Waals surface area (Å²) in [5.41, 5.74) is 1.25. The molecule has 0 aliphatic carbocycles. The van der Waals surface area contributed by atoms with Gasteiger partial charge in [-0.05, 0) is 6.07 Å². The molecule has 0 aromatic heterocycles. The Hall–Kier alpha value is -2.15. The maximum Gasteiger partial charge on any atom is 0.292 e. The van der Waals surface area contributed by atoms with Crippen molar-refractivity contribution in [1.29, 1.82) is 0 Å². The van der Waals surface area contributed by atoms with Crippen LogP contribution in [0.5, 0.6) is 0 Å². The molecular weight excluding hydrogens is 248 g/mol. The lowest BCUT2D eigenvalue weighted by atomic mass is 10.2. The second-order valence-corrected chi connectivity index (χ2v) is 4.09. The molecule has 1 heterocycles. The Labute approximate surface area is 111 Å². The van der Waals surface area contributed by atoms with Gasteiger partial charge >= 0.3 is 0 Å². The molecule has 1 aliphatic heterocycles. The molecule has 0 atom stereocenters. The monoisotopic (exact) mass is 264 g/mol. The average molecular weight is 264 g/mol. The van der Waals surface area contributed by atoms with Crippen molar-refractivity contribution in [2.45, 2.75) is 0 Å². The van der Waals surface area contributed by atoms with E-state index in [0.717, 1.165) is 13.1 Å². The Morgan fingerprint density at radius 2 is 2.21 bits per heavy atom. The third-order valence-electron chi connectivity index (χ3n) is 2.85. The van der Waals surface area contributed by atoms with Crippen molar-refractivity contribution in [1.82, 2.24) is 5.01 Å². The number of hydrogen-bond acceptors (Lipinski definition) is 6. The Kier molecular flexibility index (Phi) is 4.30. The molecule has 0 radical (unpaired) electrons. The van der Waals surface area contributed by atoms with Gasteiger partial charge in [0, 0.05) is 18.7 Å². The van der Waals surface area contributed by atoms with E-state index >= 15 is 0 Å². The number of benzene rings is 1. The predicted octanol–water partition coefficient (Wildman–Crippen LogP) is 1.30. The van der Waals surface area contributed by atoms with Crippen LogP contribution in [-0.2, 0) is 4.74 Å². The molecule has 1 fully saturated rings. The van der Waals surface area contributed by atoms with Crippen molar-refractivity contribution >= 4 is 17.6 Å². The first-order chi connectivity index (χ1) is 9.20. The van der Waals surface area contributed by atoms with E-state index in [0.29, 0.717) is 24.5 Å². The highest BCUT2D eigenvalue weighted by Crippen LogP contribution is 2.24. The highest BCUT2D eigenvalue weighted by molar-refractivity contribution is 5.82. The zero-order valence-corrected chi connectivity index (χ0v) is 10.7. The SMILES string of the molecule is CNc1ccc(C=NN2CCOCC2)cc1[N+](=O)[O-]. The molecule has 0 saturated carbocycles. The van der Waals surface area contributed by atoms with Gasteiger partial charge in [-0.2, -0.15) is 5.10 Å². The summed E-state index contributed by atoms with van der Waals surface area (Å²) in [5, 5.41) is 19.9. The fourth-order valence-electron chi connectivity index (χ4n) is 1.81. The molecule has 1 aromatic rings. The predicted molar refractivity (Wildman–Crippen MR) is 72.6 cm³/mol. The van der Waals surface area contributed by atoms with Crippen molar-refractivity contribution < 1.29 is 9.66 Å². The number of ether oxygens (including phenoxy) is 1. The Morgan fingerprint density at radius 1 is 1.47 bits per heavy atom. The molecule has 7 nitrogen and oxygen atoms in total. The van der Waals surface area contributed by atoms with Crippen LogP contribution in [0.3, 0.4) is 0 Å². The van der Waals surface area contributed by atoms with Crippen LogP contribution < -0.4 is 5.32 Å². The normalized spacial score (nSPS) is 15.7. The first-order valence-electron chi connectivity index (χ1n) is 6.03. The van der Waals surface area contributed by atoms with E-state index < -0.39 is 4.92 Å². The molecule has 0 amide bonds. The Morgan fingerprint density at radius 3 is 2.84 bits per heavy atom. The van der Waals surface area contributed by atoms with Gasteiger partial charge in [-0.15, -0.1) is 0 Å². The standard InChI is InChI=1S/C12H16N4O3/c1-13-11-3-2-10(8-12(11)16(17)18)9-14-15-4-6-19-7-5-15/h2-3,8-9,13H,4-7H2,1H3. The van der Waals surface area contributed by atoms with Crippen LogP contribution in [0, 0.1) is 10.1 Å². The lowest BCUT2D eigenvalue weighted by Gasteiger charge is -2.23. The number of morpholine rings is 1. The van der Waals surface area contributed by atoms with E-state index in [-0.39, 0.29) is 5.69 Å². The summed E-state index contributed by atoms with van der Waals surface area (Å²) in [6.07, 6.45) is 1.64. The lowest BCUT2D eigenvalue weighted by Crippen LogP contribution is -2.32. The largest absolute Gasteiger partial charge is 0.383 e. The van der Waals surface area contributed by atoms with Crippen molar-refractivity contribution in [3.05, 3.63) is 33.9 Å². The average Bonchev–Trinajstić information content (AvgIpc) is 2.46. The van der Waals surface area contributed by atoms with E-state index in [2.05, 4.69) is 10.4 Å². The Balaban J connectivity index is 2.13. The number of nitro groups is 1. The molecule has 0 spiro atoms. The first kappa shape index (κ1) is 13.3. The molecule has 102 valence electrons. The number of anilines is 1. The van der Waals surface area contributed by atoms with Crippen molar-refractivity contribution in [3.8, 4) is 0 Å². The molecule has 2 rings (SSSR count). The van der Waals surface area contributed by atoms with E-state index in [9.17, 15) is 10.1 Å². The highest BCUT2D eigenvalue weighted by Gasteiger charge is 2.13. The number of nitro benzene ring substituents is 1.